The largest absolute Gasteiger partial charge is 0.321 e. The third kappa shape index (κ3) is 4.80. The number of benzene rings is 1. The van der Waals surface area contributed by atoms with Gasteiger partial charge in [0.25, 0.3) is 11.8 Å². The van der Waals surface area contributed by atoms with Gasteiger partial charge >= 0.3 is 0 Å². The summed E-state index contributed by atoms with van der Waals surface area (Å²) in [5, 5.41) is 19.1. The van der Waals surface area contributed by atoms with Crippen LogP contribution in [0.5, 0.6) is 0 Å². The van der Waals surface area contributed by atoms with Crippen LogP contribution in [0.3, 0.4) is 0 Å². The van der Waals surface area contributed by atoms with Crippen molar-refractivity contribution in [2.75, 3.05) is 10.6 Å². The van der Waals surface area contributed by atoms with Gasteiger partial charge in [-0.1, -0.05) is 29.8 Å². The zero-order valence-electron chi connectivity index (χ0n) is 18.4. The van der Waals surface area contributed by atoms with E-state index < -0.39 is 11.8 Å². The monoisotopic (exact) mass is 466 g/mol. The molecule has 3 heterocycles. The van der Waals surface area contributed by atoms with Crippen molar-refractivity contribution < 1.29 is 9.59 Å². The number of amides is 2. The van der Waals surface area contributed by atoms with Crippen LogP contribution in [0.1, 0.15) is 39.3 Å². The molecule has 10 nitrogen and oxygen atoms in total. The number of aryl methyl sites for hydroxylation is 2. The average molecular weight is 467 g/mol. The minimum Gasteiger partial charge on any atom is -0.321 e. The summed E-state index contributed by atoms with van der Waals surface area (Å²) in [4.78, 5) is 25.6. The van der Waals surface area contributed by atoms with E-state index in [2.05, 4.69) is 25.9 Å². The van der Waals surface area contributed by atoms with Gasteiger partial charge in [-0.2, -0.15) is 15.3 Å². The standard InChI is InChI=1S/C22H23ClN8O2/c1-4-29-12-18(20(28-29)22(33)24-16-8-6-5-7-9-16)25-21(32)17-10-11-30(27-17)13-31-15(3)19(23)14(2)26-31/h5-12H,4,13H2,1-3H3,(H,24,33)(H,25,32). The minimum atomic E-state index is -0.454. The maximum Gasteiger partial charge on any atom is 0.278 e. The molecule has 0 spiro atoms. The van der Waals surface area contributed by atoms with Gasteiger partial charge in [-0.05, 0) is 39.0 Å². The Morgan fingerprint density at radius 2 is 1.73 bits per heavy atom. The second-order valence-corrected chi connectivity index (χ2v) is 7.77. The van der Waals surface area contributed by atoms with Crippen LogP contribution in [0.15, 0.2) is 48.8 Å². The molecule has 0 bridgehead atoms. The summed E-state index contributed by atoms with van der Waals surface area (Å²) >= 11 is 6.20. The Hall–Kier alpha value is -3.92. The van der Waals surface area contributed by atoms with Crippen molar-refractivity contribution in [3.63, 3.8) is 0 Å². The van der Waals surface area contributed by atoms with Crippen LogP contribution < -0.4 is 10.6 Å². The van der Waals surface area contributed by atoms with E-state index >= 15 is 0 Å². The summed E-state index contributed by atoms with van der Waals surface area (Å²) in [6.45, 7) is 6.44. The van der Waals surface area contributed by atoms with E-state index in [-0.39, 0.29) is 11.4 Å². The van der Waals surface area contributed by atoms with Crippen LogP contribution in [-0.4, -0.2) is 41.2 Å². The molecular weight excluding hydrogens is 444 g/mol. The lowest BCUT2D eigenvalue weighted by atomic mass is 10.3. The number of carbonyl (C=O) groups excluding carboxylic acids is 2. The first-order valence-electron chi connectivity index (χ1n) is 10.3. The van der Waals surface area contributed by atoms with Crippen molar-refractivity contribution in [1.82, 2.24) is 29.3 Å². The molecule has 33 heavy (non-hydrogen) atoms. The third-order valence-electron chi connectivity index (χ3n) is 5.03. The first-order chi connectivity index (χ1) is 15.9. The second-order valence-electron chi connectivity index (χ2n) is 7.39. The predicted octanol–water partition coefficient (Wildman–Crippen LogP) is 3.58. The molecule has 0 saturated heterocycles. The Morgan fingerprint density at radius 1 is 0.970 bits per heavy atom. The maximum absolute atomic E-state index is 12.8. The number of hydrogen-bond acceptors (Lipinski definition) is 5. The molecule has 3 aromatic heterocycles. The predicted molar refractivity (Wildman–Crippen MR) is 125 cm³/mol. The van der Waals surface area contributed by atoms with Crippen LogP contribution in [0.4, 0.5) is 11.4 Å². The number of halogens is 1. The fourth-order valence-electron chi connectivity index (χ4n) is 3.25. The molecule has 0 aliphatic rings. The van der Waals surface area contributed by atoms with Crippen LogP contribution in [0.2, 0.25) is 5.02 Å². The van der Waals surface area contributed by atoms with Gasteiger partial charge < -0.3 is 10.6 Å². The van der Waals surface area contributed by atoms with Crippen molar-refractivity contribution >= 4 is 34.8 Å². The number of hydrogen-bond donors (Lipinski definition) is 2. The van der Waals surface area contributed by atoms with Crippen molar-refractivity contribution in [1.29, 1.82) is 0 Å². The Labute approximate surface area is 195 Å². The highest BCUT2D eigenvalue weighted by Gasteiger charge is 2.20. The fraction of sp³-hybridized carbons (Fsp3) is 0.227. The molecule has 170 valence electrons. The average Bonchev–Trinajstić information content (AvgIpc) is 3.50. The fourth-order valence-corrected chi connectivity index (χ4v) is 3.39. The van der Waals surface area contributed by atoms with Gasteiger partial charge in [0.2, 0.25) is 0 Å². The summed E-state index contributed by atoms with van der Waals surface area (Å²) in [7, 11) is 0. The lowest BCUT2D eigenvalue weighted by molar-refractivity contribution is 0.102. The minimum absolute atomic E-state index is 0.116. The summed E-state index contributed by atoms with van der Waals surface area (Å²) in [5.74, 6) is -0.875. The SMILES string of the molecule is CCn1cc(NC(=O)c2ccn(Cn3nc(C)c(Cl)c3C)n2)c(C(=O)Nc2ccccc2)n1. The second kappa shape index (κ2) is 9.29. The van der Waals surface area contributed by atoms with Crippen molar-refractivity contribution in [3.05, 3.63) is 76.6 Å². The van der Waals surface area contributed by atoms with Gasteiger partial charge in [0.05, 0.1) is 22.1 Å². The quantitative estimate of drug-likeness (QED) is 0.432. The van der Waals surface area contributed by atoms with Crippen LogP contribution in [0.25, 0.3) is 0 Å². The molecule has 0 aliphatic heterocycles. The van der Waals surface area contributed by atoms with Gasteiger partial charge in [-0.25, -0.2) is 4.68 Å². The summed E-state index contributed by atoms with van der Waals surface area (Å²) in [6, 6.07) is 10.6. The van der Waals surface area contributed by atoms with Gasteiger partial charge in [0, 0.05) is 24.6 Å². The highest BCUT2D eigenvalue weighted by molar-refractivity contribution is 6.31. The molecule has 4 aromatic rings. The molecule has 0 atom stereocenters. The topological polar surface area (TPSA) is 112 Å². The van der Waals surface area contributed by atoms with Crippen molar-refractivity contribution in [2.45, 2.75) is 34.0 Å². The first-order valence-corrected chi connectivity index (χ1v) is 10.7. The molecule has 0 fully saturated rings. The number of carbonyl (C=O) groups is 2. The zero-order valence-corrected chi connectivity index (χ0v) is 19.2. The van der Waals surface area contributed by atoms with E-state index in [1.54, 1.807) is 44.6 Å². The molecular formula is C22H23ClN8O2. The molecule has 4 rings (SSSR count). The summed E-state index contributed by atoms with van der Waals surface area (Å²) in [6.07, 6.45) is 3.30. The van der Waals surface area contributed by atoms with Crippen LogP contribution in [-0.2, 0) is 13.2 Å². The number of aromatic nitrogens is 6. The number of nitrogens with zero attached hydrogens (tertiary/aromatic N) is 6. The van der Waals surface area contributed by atoms with Crippen LogP contribution >= 0.6 is 11.6 Å². The molecule has 0 radical (unpaired) electrons. The Morgan fingerprint density at radius 3 is 2.39 bits per heavy atom. The van der Waals surface area contributed by atoms with E-state index in [4.69, 9.17) is 11.6 Å². The van der Waals surface area contributed by atoms with E-state index in [9.17, 15) is 9.59 Å². The van der Waals surface area contributed by atoms with Gasteiger partial charge in [-0.3, -0.25) is 19.0 Å². The van der Waals surface area contributed by atoms with Gasteiger partial charge in [-0.15, -0.1) is 0 Å². The maximum atomic E-state index is 12.8. The van der Waals surface area contributed by atoms with Crippen LogP contribution in [0, 0.1) is 13.8 Å². The molecule has 0 aliphatic carbocycles. The van der Waals surface area contributed by atoms with E-state index in [1.807, 2.05) is 39.0 Å². The van der Waals surface area contributed by atoms with Crippen molar-refractivity contribution in [2.24, 2.45) is 0 Å². The number of anilines is 2. The molecule has 1 aromatic carbocycles. The summed E-state index contributed by atoms with van der Waals surface area (Å²) in [5.41, 5.74) is 2.79. The summed E-state index contributed by atoms with van der Waals surface area (Å²) < 4.78 is 4.88. The molecule has 11 heteroatoms. The Kier molecular flexibility index (Phi) is 6.27. The lowest BCUT2D eigenvalue weighted by Gasteiger charge is -2.06. The molecule has 2 N–H and O–H groups in total. The zero-order chi connectivity index (χ0) is 23.5. The van der Waals surface area contributed by atoms with E-state index in [0.29, 0.717) is 29.6 Å². The highest BCUT2D eigenvalue weighted by Crippen LogP contribution is 2.19. The first kappa shape index (κ1) is 22.3. The van der Waals surface area contributed by atoms with Gasteiger partial charge in [0.15, 0.2) is 11.4 Å². The lowest BCUT2D eigenvalue weighted by Crippen LogP contribution is -2.19. The molecule has 0 saturated carbocycles. The van der Waals surface area contributed by atoms with E-state index in [1.165, 1.54) is 0 Å². The third-order valence-corrected chi connectivity index (χ3v) is 5.57. The normalized spacial score (nSPS) is 10.9. The Bertz CT molecular complexity index is 1310. The van der Waals surface area contributed by atoms with Crippen molar-refractivity contribution in [3.8, 4) is 0 Å². The molecule has 2 amide bonds. The number of rotatable bonds is 7. The highest BCUT2D eigenvalue weighted by atomic mass is 35.5. The number of para-hydroxylation sites is 1. The number of nitrogens with one attached hydrogen (secondary N) is 2. The van der Waals surface area contributed by atoms with Gasteiger partial charge in [0.1, 0.15) is 6.67 Å². The smallest absolute Gasteiger partial charge is 0.278 e. The van der Waals surface area contributed by atoms with E-state index in [0.717, 1.165) is 11.4 Å². The molecule has 0 unspecified atom stereocenters. The Balaban J connectivity index is 1.50.